The summed E-state index contributed by atoms with van der Waals surface area (Å²) in [5, 5.41) is 25.6. The summed E-state index contributed by atoms with van der Waals surface area (Å²) in [6.07, 6.45) is 3.60. The summed E-state index contributed by atoms with van der Waals surface area (Å²) in [7, 11) is 0. The van der Waals surface area contributed by atoms with Gasteiger partial charge in [-0.1, -0.05) is 6.92 Å². The Bertz CT molecular complexity index is 650. The monoisotopic (exact) mass is 289 g/mol. The molecule has 7 nitrogen and oxygen atoms in total. The molecule has 2 aromatic heterocycles. The highest BCUT2D eigenvalue weighted by Crippen LogP contribution is 2.26. The van der Waals surface area contributed by atoms with E-state index in [0.717, 1.165) is 17.6 Å². The molecule has 0 aromatic carbocycles. The van der Waals surface area contributed by atoms with Gasteiger partial charge < -0.3 is 5.32 Å². The van der Waals surface area contributed by atoms with E-state index in [1.54, 1.807) is 6.20 Å². The molecule has 0 saturated carbocycles. The highest BCUT2D eigenvalue weighted by atomic mass is 32.1. The fourth-order valence-electron chi connectivity index (χ4n) is 1.66. The molecule has 0 spiro atoms. The van der Waals surface area contributed by atoms with Gasteiger partial charge in [0.15, 0.2) is 0 Å². The van der Waals surface area contributed by atoms with E-state index in [-0.39, 0.29) is 17.3 Å². The first-order chi connectivity index (χ1) is 9.65. The van der Waals surface area contributed by atoms with Gasteiger partial charge >= 0.3 is 0 Å². The number of anilines is 1. The van der Waals surface area contributed by atoms with Crippen LogP contribution in [0.4, 0.5) is 11.5 Å². The van der Waals surface area contributed by atoms with Crippen LogP contribution < -0.4 is 5.32 Å². The van der Waals surface area contributed by atoms with Crippen LogP contribution in [0.2, 0.25) is 0 Å². The zero-order valence-electron chi connectivity index (χ0n) is 10.6. The molecule has 8 heteroatoms. The molecule has 0 bridgehead atoms. The first-order valence-electron chi connectivity index (χ1n) is 5.86. The Kier molecular flexibility index (Phi) is 4.22. The Morgan fingerprint density at radius 1 is 1.60 bits per heavy atom. The van der Waals surface area contributed by atoms with Crippen molar-refractivity contribution >= 4 is 22.8 Å². The number of pyridine rings is 1. The topological polar surface area (TPSA) is 105 Å². The van der Waals surface area contributed by atoms with Crippen molar-refractivity contribution in [2.75, 3.05) is 5.32 Å². The van der Waals surface area contributed by atoms with Crippen molar-refractivity contribution in [1.29, 1.82) is 5.26 Å². The molecule has 0 amide bonds. The fraction of sp³-hybridized carbons (Fsp3) is 0.250. The average molecular weight is 289 g/mol. The second kappa shape index (κ2) is 6.08. The molecule has 1 N–H and O–H groups in total. The summed E-state index contributed by atoms with van der Waals surface area (Å²) in [6, 6.07) is 3.06. The summed E-state index contributed by atoms with van der Waals surface area (Å²) in [5.74, 6) is 0.333. The maximum Gasteiger partial charge on any atom is 0.289 e. The lowest BCUT2D eigenvalue weighted by molar-refractivity contribution is -0.385. The number of rotatable bonds is 5. The summed E-state index contributed by atoms with van der Waals surface area (Å²) < 4.78 is 0. The zero-order valence-corrected chi connectivity index (χ0v) is 11.4. The van der Waals surface area contributed by atoms with Crippen LogP contribution in [0.15, 0.2) is 23.8 Å². The minimum absolute atomic E-state index is 0.0731. The van der Waals surface area contributed by atoms with Crippen molar-refractivity contribution in [2.45, 2.75) is 19.4 Å². The third-order valence-electron chi connectivity index (χ3n) is 2.67. The predicted octanol–water partition coefficient (Wildman–Crippen LogP) is 2.88. The number of nitrogens with one attached hydrogen (secondary N) is 1. The first-order valence-corrected chi connectivity index (χ1v) is 6.74. The van der Waals surface area contributed by atoms with Gasteiger partial charge in [0, 0.05) is 17.6 Å². The van der Waals surface area contributed by atoms with Crippen LogP contribution in [0.25, 0.3) is 0 Å². The highest BCUT2D eigenvalue weighted by molar-refractivity contribution is 7.09. The third-order valence-corrected chi connectivity index (χ3v) is 3.56. The molecule has 102 valence electrons. The van der Waals surface area contributed by atoms with E-state index >= 15 is 0 Å². The Hall–Kier alpha value is -2.53. The van der Waals surface area contributed by atoms with Gasteiger partial charge in [0.1, 0.15) is 28.7 Å². The van der Waals surface area contributed by atoms with Crippen molar-refractivity contribution < 1.29 is 4.92 Å². The summed E-state index contributed by atoms with van der Waals surface area (Å²) in [4.78, 5) is 18.3. The number of thiazole rings is 1. The fourth-order valence-corrected chi connectivity index (χ4v) is 2.44. The van der Waals surface area contributed by atoms with Gasteiger partial charge in [-0.15, -0.1) is 11.3 Å². The van der Waals surface area contributed by atoms with Crippen LogP contribution >= 0.6 is 11.3 Å². The quantitative estimate of drug-likeness (QED) is 0.670. The lowest BCUT2D eigenvalue weighted by atomic mass is 10.2. The van der Waals surface area contributed by atoms with Crippen molar-refractivity contribution in [3.63, 3.8) is 0 Å². The molecule has 0 radical (unpaired) electrons. The molecular weight excluding hydrogens is 278 g/mol. The molecule has 1 atom stereocenters. The molecular formula is C12H11N5O2S. The van der Waals surface area contributed by atoms with E-state index < -0.39 is 4.92 Å². The smallest absolute Gasteiger partial charge is 0.289 e. The maximum atomic E-state index is 10.7. The summed E-state index contributed by atoms with van der Waals surface area (Å²) in [5.41, 5.74) is -0.0522. The Labute approximate surface area is 119 Å². The molecule has 2 aromatic rings. The van der Waals surface area contributed by atoms with Crippen LogP contribution in [0.3, 0.4) is 0 Å². The lowest BCUT2D eigenvalue weighted by Crippen LogP contribution is -2.12. The number of hydrogen-bond donors (Lipinski definition) is 1. The third kappa shape index (κ3) is 2.89. The second-order valence-corrected chi connectivity index (χ2v) is 4.86. The lowest BCUT2D eigenvalue weighted by Gasteiger charge is -2.15. The molecule has 0 aliphatic rings. The molecule has 0 fully saturated rings. The number of aromatic nitrogens is 2. The SMILES string of the molecule is CCC(Nc1ncc([N+](=O)[O-])cc1C#N)c1nccs1. The van der Waals surface area contributed by atoms with Crippen LogP contribution in [0.5, 0.6) is 0 Å². The van der Waals surface area contributed by atoms with Gasteiger partial charge in [-0.2, -0.15) is 5.26 Å². The number of nitro groups is 1. The zero-order chi connectivity index (χ0) is 14.5. The van der Waals surface area contributed by atoms with E-state index in [1.807, 2.05) is 18.4 Å². The van der Waals surface area contributed by atoms with Gasteiger partial charge in [-0.25, -0.2) is 9.97 Å². The van der Waals surface area contributed by atoms with Crippen LogP contribution in [-0.2, 0) is 0 Å². The molecule has 20 heavy (non-hydrogen) atoms. The minimum Gasteiger partial charge on any atom is -0.360 e. The Morgan fingerprint density at radius 3 is 2.95 bits per heavy atom. The Morgan fingerprint density at radius 2 is 2.40 bits per heavy atom. The van der Waals surface area contributed by atoms with E-state index in [4.69, 9.17) is 5.26 Å². The van der Waals surface area contributed by atoms with Crippen molar-refractivity contribution in [2.24, 2.45) is 0 Å². The average Bonchev–Trinajstić information content (AvgIpc) is 2.98. The minimum atomic E-state index is -0.574. The van der Waals surface area contributed by atoms with Gasteiger partial charge in [0.25, 0.3) is 5.69 Å². The van der Waals surface area contributed by atoms with E-state index in [0.29, 0.717) is 5.82 Å². The number of hydrogen-bond acceptors (Lipinski definition) is 7. The normalized spacial score (nSPS) is 11.6. The van der Waals surface area contributed by atoms with Gasteiger partial charge in [-0.05, 0) is 6.42 Å². The van der Waals surface area contributed by atoms with Crippen LogP contribution in [-0.4, -0.2) is 14.9 Å². The molecule has 1 unspecified atom stereocenters. The van der Waals surface area contributed by atoms with Gasteiger partial charge in [-0.3, -0.25) is 10.1 Å². The molecule has 0 aliphatic heterocycles. The van der Waals surface area contributed by atoms with E-state index in [1.165, 1.54) is 17.4 Å². The van der Waals surface area contributed by atoms with Crippen LogP contribution in [0, 0.1) is 21.4 Å². The van der Waals surface area contributed by atoms with E-state index in [9.17, 15) is 10.1 Å². The molecule has 2 rings (SSSR count). The number of nitrogens with zero attached hydrogens (tertiary/aromatic N) is 4. The molecule has 2 heterocycles. The standard InChI is InChI=1S/C12H11N5O2S/c1-2-10(12-14-3-4-20-12)16-11-8(6-13)5-9(7-15-11)17(18)19/h3-5,7,10H,2H2,1H3,(H,15,16). The second-order valence-electron chi connectivity index (χ2n) is 3.93. The van der Waals surface area contributed by atoms with Crippen molar-refractivity contribution in [3.05, 3.63) is 44.5 Å². The van der Waals surface area contributed by atoms with Crippen molar-refractivity contribution in [1.82, 2.24) is 9.97 Å². The Balaban J connectivity index is 2.29. The van der Waals surface area contributed by atoms with E-state index in [2.05, 4.69) is 15.3 Å². The molecule has 0 saturated heterocycles. The summed E-state index contributed by atoms with van der Waals surface area (Å²) in [6.45, 7) is 1.98. The molecule has 0 aliphatic carbocycles. The predicted molar refractivity (Wildman–Crippen MR) is 74.4 cm³/mol. The van der Waals surface area contributed by atoms with Crippen molar-refractivity contribution in [3.8, 4) is 6.07 Å². The highest BCUT2D eigenvalue weighted by Gasteiger charge is 2.17. The van der Waals surface area contributed by atoms with Gasteiger partial charge in [0.2, 0.25) is 0 Å². The number of nitriles is 1. The largest absolute Gasteiger partial charge is 0.360 e. The summed E-state index contributed by atoms with van der Waals surface area (Å²) >= 11 is 1.50. The van der Waals surface area contributed by atoms with Crippen LogP contribution in [0.1, 0.15) is 30.0 Å². The maximum absolute atomic E-state index is 10.7. The first kappa shape index (κ1) is 13.9. The van der Waals surface area contributed by atoms with Gasteiger partial charge in [0.05, 0.1) is 11.0 Å².